The van der Waals surface area contributed by atoms with E-state index >= 15 is 0 Å². The number of nitrogens with zero attached hydrogens (tertiary/aromatic N) is 3. The van der Waals surface area contributed by atoms with E-state index in [1.807, 2.05) is 24.3 Å². The first-order chi connectivity index (χ1) is 15.0. The topological polar surface area (TPSA) is 78.7 Å². The van der Waals surface area contributed by atoms with Crippen molar-refractivity contribution in [2.45, 2.75) is 53.4 Å². The molecule has 0 atom stereocenters. The van der Waals surface area contributed by atoms with Gasteiger partial charge in [0.05, 0.1) is 0 Å². The molecule has 1 aromatic heterocycles. The van der Waals surface area contributed by atoms with Crippen LogP contribution in [0, 0.1) is 6.92 Å². The molecule has 0 fully saturated rings. The van der Waals surface area contributed by atoms with Crippen molar-refractivity contribution in [2.75, 3.05) is 38.0 Å². The largest absolute Gasteiger partial charge is 0.360 e. The Balaban J connectivity index is 2.06. The Bertz CT molecular complexity index is 812. The molecule has 0 spiro atoms. The Morgan fingerprint density at radius 3 is 2.32 bits per heavy atom. The Hall–Kier alpha value is -2.67. The summed E-state index contributed by atoms with van der Waals surface area (Å²) >= 11 is 0. The zero-order valence-corrected chi connectivity index (χ0v) is 19.3. The quantitative estimate of drug-likeness (QED) is 0.485. The van der Waals surface area contributed by atoms with Crippen LogP contribution in [-0.4, -0.2) is 59.5 Å². The second kappa shape index (κ2) is 12.9. The molecule has 1 aromatic carbocycles. The summed E-state index contributed by atoms with van der Waals surface area (Å²) in [4.78, 5) is 29.6. The number of likely N-dealkylation sites (N-methyl/N-ethyl adjacent to an activating group) is 1. The van der Waals surface area contributed by atoms with Crippen molar-refractivity contribution < 1.29 is 14.1 Å². The molecule has 0 aliphatic rings. The predicted molar refractivity (Wildman–Crippen MR) is 123 cm³/mol. The van der Waals surface area contributed by atoms with Gasteiger partial charge in [-0.05, 0) is 50.6 Å². The van der Waals surface area contributed by atoms with Crippen LogP contribution in [0.2, 0.25) is 0 Å². The fourth-order valence-electron chi connectivity index (χ4n) is 3.41. The highest BCUT2D eigenvalue weighted by atomic mass is 16.5. The Morgan fingerprint density at radius 2 is 1.74 bits per heavy atom. The second-order valence-electron chi connectivity index (χ2n) is 7.78. The summed E-state index contributed by atoms with van der Waals surface area (Å²) in [6, 6.07) is 9.42. The van der Waals surface area contributed by atoms with E-state index in [9.17, 15) is 9.59 Å². The molecule has 0 aliphatic heterocycles. The van der Waals surface area contributed by atoms with E-state index < -0.39 is 0 Å². The lowest BCUT2D eigenvalue weighted by Crippen LogP contribution is -2.42. The van der Waals surface area contributed by atoms with Crippen molar-refractivity contribution >= 4 is 17.6 Å². The van der Waals surface area contributed by atoms with Gasteiger partial charge in [-0.3, -0.25) is 9.59 Å². The first kappa shape index (κ1) is 24.6. The monoisotopic (exact) mass is 428 g/mol. The van der Waals surface area contributed by atoms with Crippen molar-refractivity contribution in [3.8, 4) is 0 Å². The molecular weight excluding hydrogens is 392 g/mol. The van der Waals surface area contributed by atoms with Gasteiger partial charge in [0.15, 0.2) is 5.82 Å². The molecule has 1 N–H and O–H groups in total. The van der Waals surface area contributed by atoms with E-state index in [1.165, 1.54) is 18.4 Å². The number of carbonyl (C=O) groups is 2. The van der Waals surface area contributed by atoms with E-state index in [1.54, 1.807) is 17.9 Å². The third kappa shape index (κ3) is 8.17. The van der Waals surface area contributed by atoms with Crippen LogP contribution in [0.1, 0.15) is 61.7 Å². The highest BCUT2D eigenvalue weighted by Crippen LogP contribution is 2.12. The third-order valence-electron chi connectivity index (χ3n) is 5.37. The third-order valence-corrected chi connectivity index (χ3v) is 5.37. The van der Waals surface area contributed by atoms with E-state index in [0.29, 0.717) is 30.2 Å². The molecular formula is C24H36N4O3. The minimum absolute atomic E-state index is 0.0374. The molecule has 170 valence electrons. The van der Waals surface area contributed by atoms with Crippen LogP contribution in [0.5, 0.6) is 0 Å². The zero-order chi connectivity index (χ0) is 22.6. The number of rotatable bonds is 13. The minimum Gasteiger partial charge on any atom is -0.360 e. The number of hydrogen-bond acceptors (Lipinski definition) is 5. The molecule has 7 heteroatoms. The van der Waals surface area contributed by atoms with Crippen molar-refractivity contribution in [3.63, 3.8) is 0 Å². The molecule has 2 amide bonds. The van der Waals surface area contributed by atoms with Gasteiger partial charge < -0.3 is 19.6 Å². The first-order valence-corrected chi connectivity index (χ1v) is 11.3. The van der Waals surface area contributed by atoms with Crippen molar-refractivity contribution in [2.24, 2.45) is 0 Å². The summed E-state index contributed by atoms with van der Waals surface area (Å²) in [6.07, 6.45) is 4.57. The molecule has 0 radical (unpaired) electrons. The van der Waals surface area contributed by atoms with Crippen LogP contribution in [0.3, 0.4) is 0 Å². The standard InChI is InChI=1S/C24H36N4O3/c1-5-8-9-10-20-11-13-21(14-12-20)24(30)28(16-15-27(6-2)7-3)18-23(29)25-22-17-19(4)31-26-22/h11-14,17H,5-10,15-16,18H2,1-4H3,(H,25,26,29). The summed E-state index contributed by atoms with van der Waals surface area (Å²) in [7, 11) is 0. The lowest BCUT2D eigenvalue weighted by Gasteiger charge is -2.26. The lowest BCUT2D eigenvalue weighted by atomic mass is 10.0. The number of anilines is 1. The predicted octanol–water partition coefficient (Wildman–Crippen LogP) is 4.14. The fraction of sp³-hybridized carbons (Fsp3) is 0.542. The average molecular weight is 429 g/mol. The summed E-state index contributed by atoms with van der Waals surface area (Å²) in [5.74, 6) is 0.537. The molecule has 7 nitrogen and oxygen atoms in total. The molecule has 0 saturated carbocycles. The van der Waals surface area contributed by atoms with Gasteiger partial charge in [0, 0.05) is 24.7 Å². The Kier molecular flexibility index (Phi) is 10.2. The molecule has 31 heavy (non-hydrogen) atoms. The highest BCUT2D eigenvalue weighted by molar-refractivity contribution is 5.99. The highest BCUT2D eigenvalue weighted by Gasteiger charge is 2.20. The summed E-state index contributed by atoms with van der Waals surface area (Å²) in [5.41, 5.74) is 1.84. The van der Waals surface area contributed by atoms with Crippen LogP contribution in [-0.2, 0) is 11.2 Å². The van der Waals surface area contributed by atoms with Crippen LogP contribution in [0.15, 0.2) is 34.9 Å². The Morgan fingerprint density at radius 1 is 1.03 bits per heavy atom. The van der Waals surface area contributed by atoms with E-state index in [2.05, 4.69) is 36.1 Å². The molecule has 2 rings (SSSR count). The number of hydrogen-bond donors (Lipinski definition) is 1. The molecule has 0 saturated heterocycles. The number of aryl methyl sites for hydroxylation is 2. The lowest BCUT2D eigenvalue weighted by molar-refractivity contribution is -0.117. The average Bonchev–Trinajstić information content (AvgIpc) is 3.18. The maximum Gasteiger partial charge on any atom is 0.254 e. The maximum absolute atomic E-state index is 13.2. The number of carbonyl (C=O) groups excluding carboxylic acids is 2. The van der Waals surface area contributed by atoms with E-state index in [0.717, 1.165) is 25.9 Å². The first-order valence-electron chi connectivity index (χ1n) is 11.3. The van der Waals surface area contributed by atoms with Gasteiger partial charge in [-0.1, -0.05) is 50.9 Å². The SMILES string of the molecule is CCCCCc1ccc(C(=O)N(CCN(CC)CC)CC(=O)Nc2cc(C)on2)cc1. The number of nitrogens with one attached hydrogen (secondary N) is 1. The zero-order valence-electron chi connectivity index (χ0n) is 19.3. The second-order valence-corrected chi connectivity index (χ2v) is 7.78. The smallest absolute Gasteiger partial charge is 0.254 e. The number of amides is 2. The van der Waals surface area contributed by atoms with Crippen molar-refractivity contribution in [1.82, 2.24) is 15.0 Å². The van der Waals surface area contributed by atoms with E-state index in [-0.39, 0.29) is 18.4 Å². The van der Waals surface area contributed by atoms with Crippen molar-refractivity contribution in [1.29, 1.82) is 0 Å². The van der Waals surface area contributed by atoms with Gasteiger partial charge in [0.1, 0.15) is 12.3 Å². The van der Waals surface area contributed by atoms with Gasteiger partial charge in [-0.15, -0.1) is 0 Å². The number of unbranched alkanes of at least 4 members (excludes halogenated alkanes) is 2. The van der Waals surface area contributed by atoms with Crippen LogP contribution in [0.4, 0.5) is 5.82 Å². The van der Waals surface area contributed by atoms with Gasteiger partial charge in [0.2, 0.25) is 5.91 Å². The van der Waals surface area contributed by atoms with E-state index in [4.69, 9.17) is 4.52 Å². The Labute approximate surface area is 185 Å². The van der Waals surface area contributed by atoms with Crippen LogP contribution >= 0.6 is 0 Å². The molecule has 2 aromatic rings. The van der Waals surface area contributed by atoms with Gasteiger partial charge in [-0.2, -0.15) is 0 Å². The van der Waals surface area contributed by atoms with Gasteiger partial charge in [-0.25, -0.2) is 0 Å². The molecule has 0 unspecified atom stereocenters. The summed E-state index contributed by atoms with van der Waals surface area (Å²) in [6.45, 7) is 11.1. The molecule has 0 bridgehead atoms. The van der Waals surface area contributed by atoms with Crippen LogP contribution in [0.25, 0.3) is 0 Å². The number of benzene rings is 1. The normalized spacial score (nSPS) is 11.0. The maximum atomic E-state index is 13.2. The summed E-state index contributed by atoms with van der Waals surface area (Å²) < 4.78 is 4.99. The van der Waals surface area contributed by atoms with Gasteiger partial charge in [0.25, 0.3) is 5.91 Å². The fourth-order valence-corrected chi connectivity index (χ4v) is 3.41. The molecule has 0 aliphatic carbocycles. The summed E-state index contributed by atoms with van der Waals surface area (Å²) in [5, 5.41) is 6.49. The minimum atomic E-state index is -0.294. The van der Waals surface area contributed by atoms with Gasteiger partial charge >= 0.3 is 0 Å². The van der Waals surface area contributed by atoms with Crippen LogP contribution < -0.4 is 5.32 Å². The number of aromatic nitrogens is 1. The van der Waals surface area contributed by atoms with Crippen molar-refractivity contribution in [3.05, 3.63) is 47.2 Å². The molecule has 1 heterocycles.